The summed E-state index contributed by atoms with van der Waals surface area (Å²) in [5, 5.41) is 17.3. The van der Waals surface area contributed by atoms with E-state index < -0.39 is 5.97 Å². The van der Waals surface area contributed by atoms with Gasteiger partial charge in [0.05, 0.1) is 6.10 Å². The molecular formula is C17H28O3. The second-order valence-electron chi connectivity index (χ2n) is 6.49. The van der Waals surface area contributed by atoms with Gasteiger partial charge in [-0.1, -0.05) is 29.7 Å². The third-order valence-electron chi connectivity index (χ3n) is 4.56. The summed E-state index contributed by atoms with van der Waals surface area (Å²) in [5.74, 6) is 1.26. The van der Waals surface area contributed by atoms with Crippen LogP contribution in [0.3, 0.4) is 0 Å². The fraction of sp³-hybridized carbons (Fsp3) is 0.706. The average molecular weight is 280 g/mol. The lowest BCUT2D eigenvalue weighted by atomic mass is 9.82. The maximum Gasteiger partial charge on any atom is 0.300 e. The zero-order chi connectivity index (χ0) is 15.4. The molecule has 1 saturated carbocycles. The Balaban J connectivity index is 0.000000444. The van der Waals surface area contributed by atoms with Crippen LogP contribution in [-0.2, 0) is 4.79 Å². The van der Waals surface area contributed by atoms with E-state index in [-0.39, 0.29) is 6.10 Å². The topological polar surface area (TPSA) is 57.5 Å². The van der Waals surface area contributed by atoms with Gasteiger partial charge in [-0.2, -0.15) is 0 Å². The van der Waals surface area contributed by atoms with Gasteiger partial charge in [-0.15, -0.1) is 0 Å². The van der Waals surface area contributed by atoms with Crippen molar-refractivity contribution >= 4 is 5.97 Å². The van der Waals surface area contributed by atoms with Gasteiger partial charge in [0, 0.05) is 6.92 Å². The summed E-state index contributed by atoms with van der Waals surface area (Å²) in [6.07, 6.45) is 5.30. The summed E-state index contributed by atoms with van der Waals surface area (Å²) < 4.78 is 0. The Morgan fingerprint density at radius 1 is 1.25 bits per heavy atom. The van der Waals surface area contributed by atoms with Crippen LogP contribution in [0.25, 0.3) is 0 Å². The minimum Gasteiger partial charge on any atom is -0.481 e. The molecule has 3 nitrogen and oxygen atoms in total. The standard InChI is InChI=1S/C15H24O.C2H4O2/c1-9(2)12-7-14-10(3)5-13(16)6-11(4)15(14)8-12;1-2(3)4/h5,11,13-16H,6-8H2,1-4H3;1H3,(H,3,4). The van der Waals surface area contributed by atoms with Crippen molar-refractivity contribution in [2.24, 2.45) is 17.8 Å². The van der Waals surface area contributed by atoms with Crippen LogP contribution in [0, 0.1) is 17.8 Å². The molecule has 0 aromatic heterocycles. The normalized spacial score (nSPS) is 32.5. The first kappa shape index (κ1) is 17.0. The number of aliphatic carboxylic acids is 1. The van der Waals surface area contributed by atoms with Crippen molar-refractivity contribution < 1.29 is 15.0 Å². The number of carboxylic acid groups (broad SMARTS) is 1. The van der Waals surface area contributed by atoms with Crippen molar-refractivity contribution in [3.63, 3.8) is 0 Å². The van der Waals surface area contributed by atoms with Gasteiger partial charge in [0.2, 0.25) is 0 Å². The molecule has 2 rings (SSSR count). The zero-order valence-corrected chi connectivity index (χ0v) is 13.3. The van der Waals surface area contributed by atoms with Crippen LogP contribution < -0.4 is 0 Å². The van der Waals surface area contributed by atoms with Gasteiger partial charge >= 0.3 is 0 Å². The molecule has 3 heteroatoms. The zero-order valence-electron chi connectivity index (χ0n) is 13.3. The Morgan fingerprint density at radius 2 is 1.80 bits per heavy atom. The van der Waals surface area contributed by atoms with Crippen LogP contribution in [0.15, 0.2) is 22.8 Å². The highest BCUT2D eigenvalue weighted by atomic mass is 16.4. The molecule has 0 radical (unpaired) electrons. The summed E-state index contributed by atoms with van der Waals surface area (Å²) in [6.45, 7) is 10.1. The molecule has 1 fully saturated rings. The van der Waals surface area contributed by atoms with E-state index in [1.54, 1.807) is 5.57 Å². The molecule has 0 aromatic rings. The first-order valence-corrected chi connectivity index (χ1v) is 7.43. The van der Waals surface area contributed by atoms with Gasteiger partial charge in [-0.05, 0) is 57.8 Å². The number of carboxylic acids is 1. The van der Waals surface area contributed by atoms with Crippen molar-refractivity contribution in [2.45, 2.75) is 60.0 Å². The van der Waals surface area contributed by atoms with Crippen LogP contribution in [0.1, 0.15) is 53.9 Å². The Bertz CT molecular complexity index is 412. The van der Waals surface area contributed by atoms with Crippen LogP contribution >= 0.6 is 0 Å². The van der Waals surface area contributed by atoms with Crippen molar-refractivity contribution in [1.82, 2.24) is 0 Å². The highest BCUT2D eigenvalue weighted by Crippen LogP contribution is 2.47. The summed E-state index contributed by atoms with van der Waals surface area (Å²) >= 11 is 0. The highest BCUT2D eigenvalue weighted by Gasteiger charge is 2.37. The second-order valence-corrected chi connectivity index (χ2v) is 6.49. The van der Waals surface area contributed by atoms with E-state index >= 15 is 0 Å². The van der Waals surface area contributed by atoms with Crippen molar-refractivity contribution in [3.8, 4) is 0 Å². The number of carbonyl (C=O) groups is 1. The molecule has 2 aliphatic carbocycles. The van der Waals surface area contributed by atoms with E-state index in [1.165, 1.54) is 24.0 Å². The minimum atomic E-state index is -0.833. The molecule has 4 unspecified atom stereocenters. The highest BCUT2D eigenvalue weighted by molar-refractivity contribution is 5.62. The Kier molecular flexibility index (Phi) is 6.00. The van der Waals surface area contributed by atoms with Crippen molar-refractivity contribution in [1.29, 1.82) is 0 Å². The van der Waals surface area contributed by atoms with Crippen LogP contribution in [0.4, 0.5) is 0 Å². The second kappa shape index (κ2) is 7.07. The molecule has 114 valence electrons. The molecule has 0 aliphatic heterocycles. The molecule has 0 amide bonds. The molecular weight excluding hydrogens is 252 g/mol. The maximum atomic E-state index is 9.87. The predicted octanol–water partition coefficient (Wildman–Crippen LogP) is 3.79. The smallest absolute Gasteiger partial charge is 0.300 e. The number of fused-ring (bicyclic) bond motifs is 1. The Labute approximate surface area is 122 Å². The number of aliphatic hydroxyl groups is 1. The van der Waals surface area contributed by atoms with Gasteiger partial charge < -0.3 is 10.2 Å². The van der Waals surface area contributed by atoms with E-state index in [2.05, 4.69) is 33.8 Å². The molecule has 2 N–H and O–H groups in total. The minimum absolute atomic E-state index is 0.212. The molecule has 20 heavy (non-hydrogen) atoms. The van der Waals surface area contributed by atoms with E-state index in [1.807, 2.05) is 0 Å². The number of aliphatic hydroxyl groups excluding tert-OH is 1. The van der Waals surface area contributed by atoms with Gasteiger partial charge in [0.25, 0.3) is 5.97 Å². The van der Waals surface area contributed by atoms with Crippen LogP contribution in [-0.4, -0.2) is 22.3 Å². The number of hydrogen-bond donors (Lipinski definition) is 2. The van der Waals surface area contributed by atoms with Crippen molar-refractivity contribution in [3.05, 3.63) is 22.8 Å². The monoisotopic (exact) mass is 280 g/mol. The summed E-state index contributed by atoms with van der Waals surface area (Å²) in [7, 11) is 0. The fourth-order valence-corrected chi connectivity index (χ4v) is 3.48. The van der Waals surface area contributed by atoms with E-state index in [4.69, 9.17) is 9.90 Å². The first-order valence-electron chi connectivity index (χ1n) is 7.43. The van der Waals surface area contributed by atoms with E-state index in [0.29, 0.717) is 11.8 Å². The molecule has 0 bridgehead atoms. The number of hydrogen-bond acceptors (Lipinski definition) is 2. The lowest BCUT2D eigenvalue weighted by Gasteiger charge is -2.23. The lowest BCUT2D eigenvalue weighted by Crippen LogP contribution is -2.17. The summed E-state index contributed by atoms with van der Waals surface area (Å²) in [6, 6.07) is 0. The average Bonchev–Trinajstić information content (AvgIpc) is 2.68. The van der Waals surface area contributed by atoms with Crippen LogP contribution in [0.5, 0.6) is 0 Å². The van der Waals surface area contributed by atoms with Crippen molar-refractivity contribution in [2.75, 3.05) is 0 Å². The third kappa shape index (κ3) is 4.48. The number of rotatable bonds is 0. The van der Waals surface area contributed by atoms with E-state index in [0.717, 1.165) is 19.3 Å². The SMILES string of the molecule is CC(=O)O.CC1=CC(O)CC(C)C2CC(=C(C)C)CC12. The maximum absolute atomic E-state index is 9.87. The molecule has 0 aromatic carbocycles. The van der Waals surface area contributed by atoms with Gasteiger partial charge in [-0.25, -0.2) is 0 Å². The fourth-order valence-electron chi connectivity index (χ4n) is 3.48. The molecule has 0 heterocycles. The number of allylic oxidation sites excluding steroid dienone is 3. The largest absolute Gasteiger partial charge is 0.481 e. The van der Waals surface area contributed by atoms with Gasteiger partial charge in [-0.3, -0.25) is 4.79 Å². The van der Waals surface area contributed by atoms with Crippen LogP contribution in [0.2, 0.25) is 0 Å². The molecule has 0 spiro atoms. The quantitative estimate of drug-likeness (QED) is 0.664. The lowest BCUT2D eigenvalue weighted by molar-refractivity contribution is -0.134. The Morgan fingerprint density at radius 3 is 2.30 bits per heavy atom. The van der Waals surface area contributed by atoms with E-state index in [9.17, 15) is 5.11 Å². The predicted molar refractivity (Wildman–Crippen MR) is 81.4 cm³/mol. The molecule has 2 aliphatic rings. The first-order chi connectivity index (χ1) is 9.22. The molecule has 4 atom stereocenters. The van der Waals surface area contributed by atoms with Gasteiger partial charge in [0.15, 0.2) is 0 Å². The van der Waals surface area contributed by atoms with Gasteiger partial charge in [0.1, 0.15) is 0 Å². The summed E-state index contributed by atoms with van der Waals surface area (Å²) in [5.41, 5.74) is 4.58. The third-order valence-corrected chi connectivity index (χ3v) is 4.56. The Hall–Kier alpha value is -1.09. The molecule has 0 saturated heterocycles. The summed E-state index contributed by atoms with van der Waals surface area (Å²) in [4.78, 5) is 9.00.